The molecular formula is C18H21N7O. The maximum absolute atomic E-state index is 13.0. The molecule has 3 aromatic heterocycles. The van der Waals surface area contributed by atoms with Crippen LogP contribution in [0.3, 0.4) is 0 Å². The van der Waals surface area contributed by atoms with E-state index in [0.717, 1.165) is 61.4 Å². The van der Waals surface area contributed by atoms with Crippen molar-refractivity contribution in [2.45, 2.75) is 31.7 Å². The minimum atomic E-state index is -0.103. The van der Waals surface area contributed by atoms with Crippen molar-refractivity contribution in [2.75, 3.05) is 24.5 Å². The van der Waals surface area contributed by atoms with Gasteiger partial charge in [0.2, 0.25) is 0 Å². The number of carbonyl (C=O) groups excluding carboxylic acids is 1. The Balaban J connectivity index is 1.46. The third-order valence-corrected chi connectivity index (χ3v) is 5.50. The zero-order valence-electron chi connectivity index (χ0n) is 14.7. The van der Waals surface area contributed by atoms with Crippen molar-refractivity contribution in [3.63, 3.8) is 0 Å². The maximum atomic E-state index is 13.0. The molecule has 2 N–H and O–H groups in total. The number of hydrogen-bond donors (Lipinski definition) is 2. The summed E-state index contributed by atoms with van der Waals surface area (Å²) >= 11 is 0. The Labute approximate surface area is 150 Å². The number of aromatic amines is 2. The molecule has 2 fully saturated rings. The van der Waals surface area contributed by atoms with Crippen molar-refractivity contribution in [1.82, 2.24) is 30.0 Å². The number of nitrogens with zero attached hydrogens (tertiary/aromatic N) is 5. The van der Waals surface area contributed by atoms with Crippen LogP contribution in [-0.4, -0.2) is 61.1 Å². The van der Waals surface area contributed by atoms with Crippen LogP contribution in [0.25, 0.3) is 11.0 Å². The molecule has 8 heteroatoms. The number of amides is 1. The minimum Gasteiger partial charge on any atom is -0.354 e. The molecule has 0 bridgehead atoms. The first-order valence-corrected chi connectivity index (χ1v) is 9.03. The quantitative estimate of drug-likeness (QED) is 0.735. The second-order valence-corrected chi connectivity index (χ2v) is 7.33. The Morgan fingerprint density at radius 3 is 2.92 bits per heavy atom. The summed E-state index contributed by atoms with van der Waals surface area (Å²) in [7, 11) is 0. The van der Waals surface area contributed by atoms with Gasteiger partial charge in [0.05, 0.1) is 10.9 Å². The van der Waals surface area contributed by atoms with E-state index in [2.05, 4.69) is 30.0 Å². The first-order valence-electron chi connectivity index (χ1n) is 9.03. The summed E-state index contributed by atoms with van der Waals surface area (Å²) in [6.45, 7) is 4.35. The van der Waals surface area contributed by atoms with E-state index in [9.17, 15) is 4.79 Å². The van der Waals surface area contributed by atoms with Crippen LogP contribution in [0.1, 0.15) is 35.4 Å². The smallest absolute Gasteiger partial charge is 0.274 e. The first-order chi connectivity index (χ1) is 12.7. The summed E-state index contributed by atoms with van der Waals surface area (Å²) in [6, 6.07) is 3.85. The van der Waals surface area contributed by atoms with Crippen LogP contribution in [0.5, 0.6) is 0 Å². The Morgan fingerprint density at radius 2 is 2.15 bits per heavy atom. The van der Waals surface area contributed by atoms with Crippen molar-refractivity contribution < 1.29 is 4.79 Å². The van der Waals surface area contributed by atoms with Gasteiger partial charge < -0.3 is 14.8 Å². The number of fused-ring (bicyclic) bond motifs is 1. The predicted octanol–water partition coefficient (Wildman–Crippen LogP) is 1.87. The van der Waals surface area contributed by atoms with Crippen LogP contribution >= 0.6 is 0 Å². The summed E-state index contributed by atoms with van der Waals surface area (Å²) in [6.07, 6.45) is 6.46. The lowest BCUT2D eigenvalue weighted by Crippen LogP contribution is -2.47. The van der Waals surface area contributed by atoms with E-state index in [1.54, 1.807) is 6.33 Å². The molecule has 1 saturated heterocycles. The number of carbonyl (C=O) groups is 1. The summed E-state index contributed by atoms with van der Waals surface area (Å²) < 4.78 is 0. The summed E-state index contributed by atoms with van der Waals surface area (Å²) in [4.78, 5) is 29.4. The van der Waals surface area contributed by atoms with Crippen molar-refractivity contribution in [3.8, 4) is 0 Å². The second kappa shape index (κ2) is 5.55. The molecule has 4 heterocycles. The average molecular weight is 351 g/mol. The van der Waals surface area contributed by atoms with Crippen LogP contribution in [0.15, 0.2) is 24.7 Å². The molecule has 1 amide bonds. The fourth-order valence-corrected chi connectivity index (χ4v) is 4.02. The molecule has 2 aliphatic rings. The number of H-pyrrole nitrogens is 2. The molecule has 3 aromatic rings. The Morgan fingerprint density at radius 1 is 1.27 bits per heavy atom. The van der Waals surface area contributed by atoms with Gasteiger partial charge in [-0.3, -0.25) is 9.89 Å². The van der Waals surface area contributed by atoms with Gasteiger partial charge in [-0.2, -0.15) is 5.10 Å². The highest BCUT2D eigenvalue weighted by atomic mass is 16.2. The van der Waals surface area contributed by atoms with Crippen molar-refractivity contribution in [1.29, 1.82) is 0 Å². The Hall–Kier alpha value is -2.90. The maximum Gasteiger partial charge on any atom is 0.274 e. The van der Waals surface area contributed by atoms with Gasteiger partial charge in [-0.25, -0.2) is 9.97 Å². The summed E-state index contributed by atoms with van der Waals surface area (Å²) in [5.74, 6) is 0.982. The predicted molar refractivity (Wildman–Crippen MR) is 97.0 cm³/mol. The standard InChI is InChI=1S/C18H21N7O/c1-12-9-14(23-22-12)17(26)25-8-2-7-24(10-18(25)4-5-18)16-13-3-6-19-15(13)20-11-21-16/h3,6,9,11H,2,4-5,7-8,10H2,1H3,(H,22,23)(H,19,20,21). The molecule has 8 nitrogen and oxygen atoms in total. The number of aromatic nitrogens is 5. The zero-order chi connectivity index (χ0) is 17.7. The summed E-state index contributed by atoms with van der Waals surface area (Å²) in [5.41, 5.74) is 2.17. The van der Waals surface area contributed by atoms with E-state index in [0.29, 0.717) is 5.69 Å². The van der Waals surface area contributed by atoms with Crippen LogP contribution in [0.4, 0.5) is 5.82 Å². The van der Waals surface area contributed by atoms with Gasteiger partial charge in [0, 0.05) is 31.5 Å². The van der Waals surface area contributed by atoms with Crippen LogP contribution < -0.4 is 4.90 Å². The SMILES string of the molecule is Cc1cc(C(=O)N2CCCN(c3ncnc4[nH]ccc34)CC23CC3)n[nH]1. The van der Waals surface area contributed by atoms with Gasteiger partial charge in [-0.1, -0.05) is 0 Å². The lowest BCUT2D eigenvalue weighted by Gasteiger charge is -2.32. The van der Waals surface area contributed by atoms with Gasteiger partial charge in [-0.05, 0) is 38.3 Å². The van der Waals surface area contributed by atoms with Crippen molar-refractivity contribution >= 4 is 22.8 Å². The van der Waals surface area contributed by atoms with E-state index in [-0.39, 0.29) is 11.4 Å². The largest absolute Gasteiger partial charge is 0.354 e. The monoisotopic (exact) mass is 351 g/mol. The van der Waals surface area contributed by atoms with E-state index in [4.69, 9.17) is 0 Å². The van der Waals surface area contributed by atoms with Gasteiger partial charge >= 0.3 is 0 Å². The molecule has 134 valence electrons. The first kappa shape index (κ1) is 15.4. The molecular weight excluding hydrogens is 330 g/mol. The normalized spacial score (nSPS) is 19.1. The fraction of sp³-hybridized carbons (Fsp3) is 0.444. The van der Waals surface area contributed by atoms with E-state index >= 15 is 0 Å². The van der Waals surface area contributed by atoms with Gasteiger partial charge in [0.25, 0.3) is 5.91 Å². The van der Waals surface area contributed by atoms with Crippen molar-refractivity contribution in [2.24, 2.45) is 0 Å². The fourth-order valence-electron chi connectivity index (χ4n) is 4.02. The lowest BCUT2D eigenvalue weighted by atomic mass is 10.2. The Kier molecular flexibility index (Phi) is 3.28. The number of anilines is 1. The minimum absolute atomic E-state index is 0.0307. The van der Waals surface area contributed by atoms with Gasteiger partial charge in [-0.15, -0.1) is 0 Å². The van der Waals surface area contributed by atoms with Gasteiger partial charge in [0.1, 0.15) is 23.5 Å². The molecule has 1 aliphatic carbocycles. The number of nitrogens with one attached hydrogen (secondary N) is 2. The number of rotatable bonds is 2. The molecule has 1 saturated carbocycles. The van der Waals surface area contributed by atoms with E-state index in [1.807, 2.05) is 30.2 Å². The molecule has 0 aromatic carbocycles. The topological polar surface area (TPSA) is 93.8 Å². The molecule has 5 rings (SSSR count). The molecule has 0 radical (unpaired) electrons. The molecule has 26 heavy (non-hydrogen) atoms. The Bertz CT molecular complexity index is 971. The average Bonchev–Trinajstić information content (AvgIpc) is 3.09. The van der Waals surface area contributed by atoms with E-state index in [1.165, 1.54) is 0 Å². The van der Waals surface area contributed by atoms with Crippen LogP contribution in [-0.2, 0) is 0 Å². The molecule has 0 atom stereocenters. The second-order valence-electron chi connectivity index (χ2n) is 7.33. The molecule has 1 spiro atoms. The van der Waals surface area contributed by atoms with E-state index < -0.39 is 0 Å². The molecule has 1 aliphatic heterocycles. The molecule has 0 unspecified atom stereocenters. The highest BCUT2D eigenvalue weighted by molar-refractivity contribution is 5.93. The van der Waals surface area contributed by atoms with Crippen LogP contribution in [0, 0.1) is 6.92 Å². The third-order valence-electron chi connectivity index (χ3n) is 5.50. The van der Waals surface area contributed by atoms with Crippen molar-refractivity contribution in [3.05, 3.63) is 36.0 Å². The zero-order valence-corrected chi connectivity index (χ0v) is 14.7. The highest BCUT2D eigenvalue weighted by Crippen LogP contribution is 2.45. The third kappa shape index (κ3) is 2.36. The number of aryl methyl sites for hydroxylation is 1. The highest BCUT2D eigenvalue weighted by Gasteiger charge is 2.52. The lowest BCUT2D eigenvalue weighted by molar-refractivity contribution is 0.0663. The van der Waals surface area contributed by atoms with Crippen LogP contribution in [0.2, 0.25) is 0 Å². The van der Waals surface area contributed by atoms with Gasteiger partial charge in [0.15, 0.2) is 0 Å². The number of hydrogen-bond acceptors (Lipinski definition) is 5. The summed E-state index contributed by atoms with van der Waals surface area (Å²) in [5, 5.41) is 8.08.